The van der Waals surface area contributed by atoms with E-state index >= 15 is 0 Å². The van der Waals surface area contributed by atoms with E-state index in [-0.39, 0.29) is 17.1 Å². The molecule has 0 saturated carbocycles. The molecule has 10 nitrogen and oxygen atoms in total. The first-order valence-corrected chi connectivity index (χ1v) is 10.8. The summed E-state index contributed by atoms with van der Waals surface area (Å²) in [7, 11) is -2.07. The maximum atomic E-state index is 12.2. The SMILES string of the molecule is COCCNS(=O)(=O)c1ccc(CNc2ccc(-c3cccc([N+](=O)[O-])c3)nn2)cc1. The number of sulfonamides is 1. The summed E-state index contributed by atoms with van der Waals surface area (Å²) < 4.78 is 31.6. The van der Waals surface area contributed by atoms with Crippen LogP contribution in [0.25, 0.3) is 11.3 Å². The van der Waals surface area contributed by atoms with Gasteiger partial charge in [-0.25, -0.2) is 13.1 Å². The molecule has 2 aromatic carbocycles. The number of benzene rings is 2. The van der Waals surface area contributed by atoms with Gasteiger partial charge < -0.3 is 10.1 Å². The van der Waals surface area contributed by atoms with E-state index in [2.05, 4.69) is 20.2 Å². The molecule has 1 heterocycles. The lowest BCUT2D eigenvalue weighted by Crippen LogP contribution is -2.27. The first kappa shape index (κ1) is 22.3. The number of nitro benzene ring substituents is 1. The van der Waals surface area contributed by atoms with Gasteiger partial charge in [0, 0.05) is 37.9 Å². The van der Waals surface area contributed by atoms with Crippen molar-refractivity contribution >= 4 is 21.5 Å². The van der Waals surface area contributed by atoms with Crippen molar-refractivity contribution in [2.45, 2.75) is 11.4 Å². The average Bonchev–Trinajstić information content (AvgIpc) is 2.78. The summed E-state index contributed by atoms with van der Waals surface area (Å²) >= 11 is 0. The molecule has 0 atom stereocenters. The lowest BCUT2D eigenvalue weighted by Gasteiger charge is -2.09. The molecule has 0 radical (unpaired) electrons. The van der Waals surface area contributed by atoms with Crippen LogP contribution in [0.1, 0.15) is 5.56 Å². The zero-order chi connectivity index (χ0) is 22.3. The molecular formula is C20H21N5O5S. The second-order valence-electron chi connectivity index (χ2n) is 6.50. The highest BCUT2D eigenvalue weighted by Crippen LogP contribution is 2.22. The Morgan fingerprint density at radius 2 is 1.84 bits per heavy atom. The highest BCUT2D eigenvalue weighted by Gasteiger charge is 2.13. The van der Waals surface area contributed by atoms with Gasteiger partial charge in [-0.2, -0.15) is 0 Å². The van der Waals surface area contributed by atoms with E-state index in [1.54, 1.807) is 36.4 Å². The molecule has 3 rings (SSSR count). The molecule has 0 aliphatic carbocycles. The summed E-state index contributed by atoms with van der Waals surface area (Å²) in [6.07, 6.45) is 0. The predicted octanol–water partition coefficient (Wildman–Crippen LogP) is 2.59. The molecule has 0 aliphatic rings. The van der Waals surface area contributed by atoms with E-state index in [9.17, 15) is 18.5 Å². The third kappa shape index (κ3) is 6.04. The van der Waals surface area contributed by atoms with Crippen LogP contribution >= 0.6 is 0 Å². The number of anilines is 1. The number of nitro groups is 1. The van der Waals surface area contributed by atoms with Gasteiger partial charge in [-0.1, -0.05) is 24.3 Å². The molecule has 162 valence electrons. The lowest BCUT2D eigenvalue weighted by atomic mass is 10.1. The van der Waals surface area contributed by atoms with Crippen LogP contribution < -0.4 is 10.0 Å². The van der Waals surface area contributed by atoms with Crippen molar-refractivity contribution in [1.82, 2.24) is 14.9 Å². The van der Waals surface area contributed by atoms with E-state index in [4.69, 9.17) is 4.74 Å². The van der Waals surface area contributed by atoms with Crippen molar-refractivity contribution < 1.29 is 18.1 Å². The molecule has 31 heavy (non-hydrogen) atoms. The number of hydrogen-bond donors (Lipinski definition) is 2. The van der Waals surface area contributed by atoms with Crippen molar-refractivity contribution in [2.75, 3.05) is 25.6 Å². The maximum absolute atomic E-state index is 12.2. The summed E-state index contributed by atoms with van der Waals surface area (Å²) in [6.45, 7) is 0.914. The first-order valence-electron chi connectivity index (χ1n) is 9.29. The van der Waals surface area contributed by atoms with Gasteiger partial charge >= 0.3 is 0 Å². The van der Waals surface area contributed by atoms with E-state index < -0.39 is 14.9 Å². The molecule has 1 aromatic heterocycles. The highest BCUT2D eigenvalue weighted by atomic mass is 32.2. The molecule has 0 unspecified atom stereocenters. The Kier molecular flexibility index (Phi) is 7.23. The Hall–Kier alpha value is -3.41. The average molecular weight is 443 g/mol. The van der Waals surface area contributed by atoms with Gasteiger partial charge in [-0.05, 0) is 29.8 Å². The highest BCUT2D eigenvalue weighted by molar-refractivity contribution is 7.89. The fourth-order valence-electron chi connectivity index (χ4n) is 2.70. The van der Waals surface area contributed by atoms with Crippen LogP contribution in [0.2, 0.25) is 0 Å². The van der Waals surface area contributed by atoms with Gasteiger partial charge in [-0.15, -0.1) is 10.2 Å². The zero-order valence-electron chi connectivity index (χ0n) is 16.7. The Bertz CT molecular complexity index is 1140. The van der Waals surface area contributed by atoms with E-state index in [0.717, 1.165) is 5.56 Å². The van der Waals surface area contributed by atoms with Crippen molar-refractivity contribution in [3.8, 4) is 11.3 Å². The minimum absolute atomic E-state index is 0.0131. The Balaban J connectivity index is 1.60. The van der Waals surface area contributed by atoms with Crippen LogP contribution in [0, 0.1) is 10.1 Å². The Labute approximate surface area is 179 Å². The largest absolute Gasteiger partial charge is 0.383 e. The Morgan fingerprint density at radius 1 is 1.06 bits per heavy atom. The van der Waals surface area contributed by atoms with Crippen molar-refractivity contribution in [3.05, 3.63) is 76.3 Å². The summed E-state index contributed by atoms with van der Waals surface area (Å²) in [5, 5.41) is 22.2. The second kappa shape index (κ2) is 10.1. The number of ether oxygens (including phenoxy) is 1. The number of nitrogens with one attached hydrogen (secondary N) is 2. The Morgan fingerprint density at radius 3 is 2.48 bits per heavy atom. The van der Waals surface area contributed by atoms with Crippen molar-refractivity contribution in [3.63, 3.8) is 0 Å². The number of hydrogen-bond acceptors (Lipinski definition) is 8. The normalized spacial score (nSPS) is 11.3. The van der Waals surface area contributed by atoms with Gasteiger partial charge in [0.05, 0.1) is 22.1 Å². The van der Waals surface area contributed by atoms with E-state index in [1.165, 1.54) is 31.4 Å². The molecule has 0 saturated heterocycles. The summed E-state index contributed by atoms with van der Waals surface area (Å²) in [5.74, 6) is 0.520. The number of aromatic nitrogens is 2. The van der Waals surface area contributed by atoms with Crippen LogP contribution in [0.5, 0.6) is 0 Å². The number of non-ortho nitro benzene ring substituents is 1. The third-order valence-electron chi connectivity index (χ3n) is 4.32. The minimum atomic E-state index is -3.57. The summed E-state index contributed by atoms with van der Waals surface area (Å²) in [4.78, 5) is 10.6. The van der Waals surface area contributed by atoms with Gasteiger partial charge in [-0.3, -0.25) is 10.1 Å². The quantitative estimate of drug-likeness (QED) is 0.277. The maximum Gasteiger partial charge on any atom is 0.270 e. The topological polar surface area (TPSA) is 136 Å². The standard InChI is InChI=1S/C20H21N5O5S/c1-30-12-11-22-31(28,29)18-7-5-15(6-8-18)14-21-20-10-9-19(23-24-20)16-3-2-4-17(13-16)25(26)27/h2-10,13,22H,11-12,14H2,1H3,(H,21,24). The first-order chi connectivity index (χ1) is 14.9. The number of methoxy groups -OCH3 is 1. The van der Waals surface area contributed by atoms with E-state index in [1.807, 2.05) is 0 Å². The molecular weight excluding hydrogens is 422 g/mol. The van der Waals surface area contributed by atoms with Crippen LogP contribution in [0.15, 0.2) is 65.6 Å². The molecule has 11 heteroatoms. The van der Waals surface area contributed by atoms with Gasteiger partial charge in [0.25, 0.3) is 5.69 Å². The van der Waals surface area contributed by atoms with Gasteiger partial charge in [0.1, 0.15) is 5.82 Å². The summed E-state index contributed by atoms with van der Waals surface area (Å²) in [6, 6.07) is 16.1. The molecule has 0 spiro atoms. The van der Waals surface area contributed by atoms with Crippen molar-refractivity contribution in [2.24, 2.45) is 0 Å². The molecule has 0 amide bonds. The minimum Gasteiger partial charge on any atom is -0.383 e. The lowest BCUT2D eigenvalue weighted by molar-refractivity contribution is -0.384. The van der Waals surface area contributed by atoms with Crippen LogP contribution in [-0.4, -0.2) is 43.8 Å². The molecule has 0 bridgehead atoms. The molecule has 2 N–H and O–H groups in total. The third-order valence-corrected chi connectivity index (χ3v) is 5.80. The van der Waals surface area contributed by atoms with Gasteiger partial charge in [0.15, 0.2) is 0 Å². The predicted molar refractivity (Wildman–Crippen MR) is 115 cm³/mol. The number of nitrogens with zero attached hydrogens (tertiary/aromatic N) is 3. The molecule has 0 fully saturated rings. The monoisotopic (exact) mass is 443 g/mol. The smallest absolute Gasteiger partial charge is 0.270 e. The zero-order valence-corrected chi connectivity index (χ0v) is 17.5. The molecule has 0 aliphatic heterocycles. The fraction of sp³-hybridized carbons (Fsp3) is 0.200. The second-order valence-corrected chi connectivity index (χ2v) is 8.27. The fourth-order valence-corrected chi connectivity index (χ4v) is 3.71. The van der Waals surface area contributed by atoms with Gasteiger partial charge in [0.2, 0.25) is 10.0 Å². The van der Waals surface area contributed by atoms with E-state index in [0.29, 0.717) is 30.2 Å². The van der Waals surface area contributed by atoms with Crippen molar-refractivity contribution in [1.29, 1.82) is 0 Å². The molecule has 3 aromatic rings. The van der Waals surface area contributed by atoms with Crippen LogP contribution in [0.4, 0.5) is 11.5 Å². The number of rotatable bonds is 10. The van der Waals surface area contributed by atoms with Crippen LogP contribution in [-0.2, 0) is 21.3 Å². The summed E-state index contributed by atoms with van der Waals surface area (Å²) in [5.41, 5.74) is 1.97. The van der Waals surface area contributed by atoms with Crippen LogP contribution in [0.3, 0.4) is 0 Å².